The molecule has 0 fully saturated rings. The zero-order valence-corrected chi connectivity index (χ0v) is 53.9. The number of rotatable bonds is 16. The van der Waals surface area contributed by atoms with Gasteiger partial charge in [0, 0.05) is 62.5 Å². The monoisotopic (exact) mass is 1320 g/mol. The summed E-state index contributed by atoms with van der Waals surface area (Å²) in [6, 6.07) is 41.9. The molecule has 0 radical (unpaired) electrons. The number of nitrogens with zero attached hydrogens (tertiary/aromatic N) is 2. The van der Waals surface area contributed by atoms with Gasteiger partial charge in [0.25, 0.3) is 0 Å². The highest BCUT2D eigenvalue weighted by Crippen LogP contribution is 2.40. The summed E-state index contributed by atoms with van der Waals surface area (Å²) in [6.07, 6.45) is 0.838. The zero-order valence-electron chi connectivity index (χ0n) is 53.9. The van der Waals surface area contributed by atoms with E-state index in [0.29, 0.717) is 73.8 Å². The van der Waals surface area contributed by atoms with Gasteiger partial charge in [0.2, 0.25) is 12.2 Å². The largest absolute Gasteiger partial charge is 0.478 e. The lowest BCUT2D eigenvalue weighted by Gasteiger charge is -2.41. The summed E-state index contributed by atoms with van der Waals surface area (Å²) in [5.41, 5.74) is 27.0. The molecule has 24 heteroatoms. The highest BCUT2D eigenvalue weighted by molar-refractivity contribution is 5.94. The number of carboxylic acid groups (broad SMARTS) is 2. The van der Waals surface area contributed by atoms with Crippen molar-refractivity contribution in [3.63, 3.8) is 0 Å². The standard InChI is InChI=1S/2C18H24N2O2.2C17H14O6.2CO2/c2*1-4-22-18(21)15-10-20-6-5-13-7-11(2)12(3)8-14(13)17(20)9-16(15)19;2*18-15(19)14(23-17(21)13-9-5-2-6-10-13)11-22-16(20)12-7-3-1-4-8-12;2*2-1-3/h2*7-8,17H,4-6,9-10,19H2,1-3H3;2*1-10,14H,11H2,(H,18,19);;/t17-;;2*14-;;/m0.00../s1. The van der Waals surface area contributed by atoms with Crippen LogP contribution in [0.1, 0.15) is 125 Å². The maximum atomic E-state index is 12.0. The van der Waals surface area contributed by atoms with Gasteiger partial charge in [0.1, 0.15) is 13.2 Å². The van der Waals surface area contributed by atoms with Gasteiger partial charge >= 0.3 is 60.1 Å². The lowest BCUT2D eigenvalue weighted by molar-refractivity contribution is -0.193. The van der Waals surface area contributed by atoms with Gasteiger partial charge in [-0.15, -0.1) is 0 Å². The van der Waals surface area contributed by atoms with E-state index < -0.39 is 61.2 Å². The van der Waals surface area contributed by atoms with Gasteiger partial charge in [-0.2, -0.15) is 19.2 Å². The fourth-order valence-electron chi connectivity index (χ4n) is 10.5. The number of nitrogens with two attached hydrogens (primary N) is 2. The quantitative estimate of drug-likeness (QED) is 0.0528. The van der Waals surface area contributed by atoms with Crippen molar-refractivity contribution in [1.29, 1.82) is 0 Å². The van der Waals surface area contributed by atoms with Gasteiger partial charge in [-0.05, 0) is 147 Å². The number of aliphatic carboxylic acids is 2. The average Bonchev–Trinajstić information content (AvgIpc) is 0.776. The van der Waals surface area contributed by atoms with E-state index in [1.54, 1.807) is 72.8 Å². The molecule has 0 aliphatic carbocycles. The minimum atomic E-state index is -1.57. The van der Waals surface area contributed by atoms with Crippen molar-refractivity contribution >= 4 is 60.1 Å². The molecule has 0 spiro atoms. The first-order valence-corrected chi connectivity index (χ1v) is 30.4. The van der Waals surface area contributed by atoms with E-state index in [2.05, 4.69) is 61.8 Å². The van der Waals surface area contributed by atoms with Crippen molar-refractivity contribution in [1.82, 2.24) is 9.80 Å². The van der Waals surface area contributed by atoms with Crippen LogP contribution in [0.2, 0.25) is 0 Å². The Morgan fingerprint density at radius 1 is 0.448 bits per heavy atom. The summed E-state index contributed by atoms with van der Waals surface area (Å²) in [7, 11) is 0. The van der Waals surface area contributed by atoms with Crippen LogP contribution >= 0.6 is 0 Å². The Balaban J connectivity index is 0.000000225. The molecule has 1 unspecified atom stereocenters. The molecule has 0 bridgehead atoms. The number of carbonyl (C=O) groups is 8. The van der Waals surface area contributed by atoms with Gasteiger partial charge in [-0.25, -0.2) is 38.4 Å². The third kappa shape index (κ3) is 22.0. The SMILES string of the molecule is CCOC(=O)C1=C(N)CC2c3cc(C)c(C)cc3CCN2C1.CCOC(=O)C1=C(N)C[C@H]2c3cc(C)c(C)cc3CCN2C1.O=C(OC[C@H](OC(=O)c1ccccc1)C(=O)O)c1ccccc1.O=C(OC[C@H](OC(=O)c1ccccc1)C(=O)O)c1ccccc1.O=C=O.O=C=O. The minimum absolute atomic E-state index is 0.216. The maximum absolute atomic E-state index is 12.0. The first-order chi connectivity index (χ1) is 46.0. The van der Waals surface area contributed by atoms with Crippen molar-refractivity contribution in [2.75, 3.05) is 52.6 Å². The molecular formula is C72H76N4O20. The van der Waals surface area contributed by atoms with Gasteiger partial charge < -0.3 is 50.1 Å². The van der Waals surface area contributed by atoms with Gasteiger partial charge in [-0.3, -0.25) is 9.80 Å². The molecule has 6 N–H and O–H groups in total. The van der Waals surface area contributed by atoms with Crippen LogP contribution in [0.4, 0.5) is 0 Å². The molecule has 6 aromatic carbocycles. The smallest absolute Gasteiger partial charge is 0.373 e. The molecule has 4 aliphatic rings. The lowest BCUT2D eigenvalue weighted by atomic mass is 9.84. The number of esters is 6. The number of aryl methyl sites for hydroxylation is 4. The van der Waals surface area contributed by atoms with Crippen molar-refractivity contribution in [2.24, 2.45) is 11.5 Å². The third-order valence-corrected chi connectivity index (χ3v) is 15.6. The molecule has 0 saturated carbocycles. The second-order valence-electron chi connectivity index (χ2n) is 21.9. The number of ether oxygens (including phenoxy) is 6. The van der Waals surface area contributed by atoms with Crippen LogP contribution in [0.3, 0.4) is 0 Å². The average molecular weight is 1320 g/mol. The van der Waals surface area contributed by atoms with Crippen LogP contribution in [0, 0.1) is 27.7 Å². The Morgan fingerprint density at radius 3 is 1.01 bits per heavy atom. The summed E-state index contributed by atoms with van der Waals surface area (Å²) in [4.78, 5) is 131. The Bertz CT molecular complexity index is 3580. The highest BCUT2D eigenvalue weighted by Gasteiger charge is 2.37. The van der Waals surface area contributed by atoms with E-state index in [-0.39, 0.29) is 46.5 Å². The normalized spacial score (nSPS) is 15.4. The van der Waals surface area contributed by atoms with Crippen LogP contribution in [-0.2, 0) is 79.6 Å². The number of benzene rings is 6. The van der Waals surface area contributed by atoms with Gasteiger partial charge in [-0.1, -0.05) is 97.1 Å². The Labute approximate surface area is 554 Å². The van der Waals surface area contributed by atoms with E-state index in [4.69, 9.17) is 69.3 Å². The Morgan fingerprint density at radius 2 is 0.729 bits per heavy atom. The van der Waals surface area contributed by atoms with E-state index in [1.807, 2.05) is 13.8 Å². The summed E-state index contributed by atoms with van der Waals surface area (Å²) in [5, 5.41) is 18.2. The summed E-state index contributed by atoms with van der Waals surface area (Å²) < 4.78 is 29.8. The number of carboxylic acids is 2. The molecular weight excluding hydrogens is 1240 g/mol. The third-order valence-electron chi connectivity index (χ3n) is 15.6. The number of hydrogen-bond donors (Lipinski definition) is 4. The predicted octanol–water partition coefficient (Wildman–Crippen LogP) is 7.90. The number of fused-ring (bicyclic) bond motifs is 6. The second kappa shape index (κ2) is 38.1. The first kappa shape index (κ1) is 75.6. The number of carbonyl (C=O) groups excluding carboxylic acids is 10. The van der Waals surface area contributed by atoms with Gasteiger partial charge in [0.05, 0.1) is 46.6 Å². The van der Waals surface area contributed by atoms with E-state index in [9.17, 15) is 38.4 Å². The predicted molar refractivity (Wildman–Crippen MR) is 343 cm³/mol. The summed E-state index contributed by atoms with van der Waals surface area (Å²) >= 11 is 0. The maximum Gasteiger partial charge on any atom is 0.373 e. The van der Waals surface area contributed by atoms with Crippen LogP contribution in [0.5, 0.6) is 0 Å². The molecule has 96 heavy (non-hydrogen) atoms. The molecule has 10 rings (SSSR count). The van der Waals surface area contributed by atoms with Crippen molar-refractivity contribution in [3.8, 4) is 0 Å². The lowest BCUT2D eigenvalue weighted by Crippen LogP contribution is -2.42. The Hall–Kier alpha value is -11.2. The van der Waals surface area contributed by atoms with Crippen LogP contribution < -0.4 is 11.5 Å². The molecule has 504 valence electrons. The summed E-state index contributed by atoms with van der Waals surface area (Å²) in [6.45, 7) is 15.1. The number of hydrogen-bond acceptors (Lipinski definition) is 22. The fourth-order valence-corrected chi connectivity index (χ4v) is 10.5. The first-order valence-electron chi connectivity index (χ1n) is 30.4. The van der Waals surface area contributed by atoms with Crippen molar-refractivity contribution in [2.45, 2.75) is 91.5 Å². The summed E-state index contributed by atoms with van der Waals surface area (Å²) in [5.74, 6) is -6.28. The molecule has 0 aromatic heterocycles. The van der Waals surface area contributed by atoms with Crippen LogP contribution in [0.25, 0.3) is 0 Å². The molecule has 4 heterocycles. The van der Waals surface area contributed by atoms with Crippen LogP contribution in [-0.4, -0.2) is 145 Å². The van der Waals surface area contributed by atoms with Crippen molar-refractivity contribution in [3.05, 3.63) is 235 Å². The Kier molecular flexibility index (Phi) is 30.0. The van der Waals surface area contributed by atoms with E-state index in [1.165, 1.54) is 93.0 Å². The molecule has 4 aliphatic heterocycles. The minimum Gasteiger partial charge on any atom is -0.478 e. The molecule has 6 aromatic rings. The molecule has 0 amide bonds. The topological polar surface area (TPSA) is 359 Å². The second-order valence-corrected chi connectivity index (χ2v) is 21.9. The zero-order chi connectivity index (χ0) is 70.4. The fraction of sp³-hybridized carbons (Fsp3) is 0.306. The van der Waals surface area contributed by atoms with Crippen molar-refractivity contribution < 1.29 is 96.2 Å². The molecule has 4 atom stereocenters. The van der Waals surface area contributed by atoms with Gasteiger partial charge in [0.15, 0.2) is 0 Å². The van der Waals surface area contributed by atoms with E-state index >= 15 is 0 Å². The van der Waals surface area contributed by atoms with E-state index in [0.717, 1.165) is 25.9 Å². The highest BCUT2D eigenvalue weighted by atomic mass is 16.6. The molecule has 24 nitrogen and oxygen atoms in total. The van der Waals surface area contributed by atoms with Crippen LogP contribution in [0.15, 0.2) is 168 Å². The molecule has 0 saturated heterocycles.